The number of halogens is 4. The van der Waals surface area contributed by atoms with E-state index in [0.29, 0.717) is 24.2 Å². The number of hydrogen-bond acceptors (Lipinski definition) is 5. The molecule has 0 aliphatic carbocycles. The number of nitrogens with zero attached hydrogens (tertiary/aromatic N) is 2. The van der Waals surface area contributed by atoms with Crippen LogP contribution in [0, 0.1) is 5.82 Å². The fraction of sp³-hybridized carbons (Fsp3) is 0.520. The highest BCUT2D eigenvalue weighted by Gasteiger charge is 2.34. The predicted octanol–water partition coefficient (Wildman–Crippen LogP) is 5.12. The molecule has 1 atom stereocenters. The van der Waals surface area contributed by atoms with E-state index in [1.807, 2.05) is 4.90 Å². The van der Waals surface area contributed by atoms with Crippen molar-refractivity contribution in [2.45, 2.75) is 58.0 Å². The van der Waals surface area contributed by atoms with E-state index >= 15 is 0 Å². The Balaban J connectivity index is 1.69. The first-order chi connectivity index (χ1) is 16.4. The Bertz CT molecular complexity index is 1160. The van der Waals surface area contributed by atoms with Gasteiger partial charge in [0.1, 0.15) is 32.9 Å². The molecule has 1 fully saturated rings. The van der Waals surface area contributed by atoms with Crippen molar-refractivity contribution in [2.75, 3.05) is 29.5 Å². The van der Waals surface area contributed by atoms with Crippen molar-refractivity contribution in [1.29, 1.82) is 0 Å². The number of carbonyl (C=O) groups is 1. The van der Waals surface area contributed by atoms with E-state index in [4.69, 9.17) is 0 Å². The number of benzene rings is 1. The van der Waals surface area contributed by atoms with Crippen LogP contribution in [0.15, 0.2) is 30.3 Å². The molecular formula is C25H30F4N2O3S. The van der Waals surface area contributed by atoms with Gasteiger partial charge in [-0.25, -0.2) is 17.8 Å². The number of ketones is 1. The van der Waals surface area contributed by atoms with Crippen molar-refractivity contribution in [1.82, 2.24) is 4.98 Å². The third kappa shape index (κ3) is 7.02. The third-order valence-electron chi connectivity index (χ3n) is 6.48. The summed E-state index contributed by atoms with van der Waals surface area (Å²) in [7, 11) is -3.22. The molecule has 0 bridgehead atoms. The van der Waals surface area contributed by atoms with Gasteiger partial charge < -0.3 is 4.90 Å². The van der Waals surface area contributed by atoms with Gasteiger partial charge in [-0.15, -0.1) is 0 Å². The predicted molar refractivity (Wildman–Crippen MR) is 127 cm³/mol. The van der Waals surface area contributed by atoms with Crippen molar-refractivity contribution in [3.8, 4) is 0 Å². The zero-order valence-corrected chi connectivity index (χ0v) is 20.7. The van der Waals surface area contributed by atoms with Crippen molar-refractivity contribution in [3.05, 3.63) is 58.5 Å². The molecular weight excluding hydrogens is 484 g/mol. The van der Waals surface area contributed by atoms with E-state index in [-0.39, 0.29) is 47.9 Å². The Morgan fingerprint density at radius 1 is 1.09 bits per heavy atom. The maximum atomic E-state index is 14.6. The van der Waals surface area contributed by atoms with Crippen LogP contribution in [0.3, 0.4) is 0 Å². The Hall–Kier alpha value is -2.49. The van der Waals surface area contributed by atoms with E-state index in [2.05, 4.69) is 4.98 Å². The molecule has 0 N–H and O–H groups in total. The molecule has 5 nitrogen and oxygen atoms in total. The van der Waals surface area contributed by atoms with E-state index in [0.717, 1.165) is 18.9 Å². The Morgan fingerprint density at radius 3 is 2.34 bits per heavy atom. The molecule has 3 rings (SSSR count). The van der Waals surface area contributed by atoms with E-state index in [9.17, 15) is 30.8 Å². The number of rotatable bonds is 10. The molecule has 0 spiro atoms. The maximum absolute atomic E-state index is 14.6. The normalized spacial score (nSPS) is 15.4. The highest BCUT2D eigenvalue weighted by atomic mass is 32.2. The van der Waals surface area contributed by atoms with Crippen LogP contribution >= 0.6 is 0 Å². The summed E-state index contributed by atoms with van der Waals surface area (Å²) in [6, 6.07) is 6.71. The van der Waals surface area contributed by atoms with Gasteiger partial charge in [0.05, 0.1) is 5.75 Å². The lowest BCUT2D eigenvalue weighted by molar-refractivity contribution is -0.141. The molecule has 2 heterocycles. The SMILES string of the molecule is CCS(=O)(=O)CCc1ccc(C(C)C(=O)CCc2ccc(C(F)(F)F)nc2N2CCCC2)cc1F. The van der Waals surface area contributed by atoms with Gasteiger partial charge in [0.25, 0.3) is 0 Å². The molecule has 0 radical (unpaired) electrons. The molecule has 1 aliphatic heterocycles. The minimum atomic E-state index is -4.55. The summed E-state index contributed by atoms with van der Waals surface area (Å²) in [5.74, 6) is -1.22. The smallest absolute Gasteiger partial charge is 0.356 e. The number of carbonyl (C=O) groups excluding carboxylic acids is 1. The number of aryl methyl sites for hydroxylation is 2. The van der Waals surface area contributed by atoms with Crippen LogP contribution < -0.4 is 4.90 Å². The van der Waals surface area contributed by atoms with Gasteiger partial charge in [-0.2, -0.15) is 13.2 Å². The topological polar surface area (TPSA) is 67.3 Å². The monoisotopic (exact) mass is 514 g/mol. The Labute approximate surface area is 203 Å². The minimum absolute atomic E-state index is 0.00777. The van der Waals surface area contributed by atoms with Crippen LogP contribution in [-0.4, -0.2) is 43.8 Å². The van der Waals surface area contributed by atoms with E-state index in [1.54, 1.807) is 13.0 Å². The van der Waals surface area contributed by atoms with Crippen molar-refractivity contribution >= 4 is 21.4 Å². The summed E-state index contributed by atoms with van der Waals surface area (Å²) >= 11 is 0. The average molecular weight is 515 g/mol. The van der Waals surface area contributed by atoms with Gasteiger partial charge in [-0.1, -0.05) is 32.0 Å². The van der Waals surface area contributed by atoms with Crippen LogP contribution in [0.1, 0.15) is 61.4 Å². The largest absolute Gasteiger partial charge is 0.433 e. The second-order valence-electron chi connectivity index (χ2n) is 8.90. The van der Waals surface area contributed by atoms with Gasteiger partial charge in [0, 0.05) is 31.2 Å². The van der Waals surface area contributed by atoms with E-state index < -0.39 is 33.4 Å². The molecule has 0 saturated carbocycles. The average Bonchev–Trinajstić information content (AvgIpc) is 3.35. The first-order valence-corrected chi connectivity index (χ1v) is 13.6. The van der Waals surface area contributed by atoms with Crippen LogP contribution in [0.2, 0.25) is 0 Å². The molecule has 35 heavy (non-hydrogen) atoms. The highest BCUT2D eigenvalue weighted by molar-refractivity contribution is 7.91. The summed E-state index contributed by atoms with van der Waals surface area (Å²) in [4.78, 5) is 18.5. The Morgan fingerprint density at radius 2 is 1.74 bits per heavy atom. The molecule has 1 aliphatic rings. The molecule has 1 aromatic carbocycles. The summed E-state index contributed by atoms with van der Waals surface area (Å²) in [5.41, 5.74) is 0.376. The summed E-state index contributed by atoms with van der Waals surface area (Å²) in [6.07, 6.45) is -2.43. The van der Waals surface area contributed by atoms with Gasteiger partial charge in [-0.05, 0) is 54.5 Å². The van der Waals surface area contributed by atoms with E-state index in [1.165, 1.54) is 25.1 Å². The van der Waals surface area contributed by atoms with Gasteiger partial charge in [-0.3, -0.25) is 4.79 Å². The molecule has 0 amide bonds. The molecule has 1 saturated heterocycles. The number of sulfone groups is 1. The fourth-order valence-corrected chi connectivity index (χ4v) is 4.96. The maximum Gasteiger partial charge on any atom is 0.433 e. The third-order valence-corrected chi connectivity index (χ3v) is 8.18. The van der Waals surface area contributed by atoms with Crippen LogP contribution in [-0.2, 0) is 33.6 Å². The van der Waals surface area contributed by atoms with Gasteiger partial charge >= 0.3 is 6.18 Å². The highest BCUT2D eigenvalue weighted by Crippen LogP contribution is 2.32. The molecule has 192 valence electrons. The number of alkyl halides is 3. The van der Waals surface area contributed by atoms with Crippen molar-refractivity contribution in [2.24, 2.45) is 0 Å². The lowest BCUT2D eigenvalue weighted by Crippen LogP contribution is -2.23. The molecule has 1 aromatic heterocycles. The first kappa shape index (κ1) is 27.1. The second kappa shape index (κ2) is 11.1. The van der Waals surface area contributed by atoms with Crippen LogP contribution in [0.25, 0.3) is 0 Å². The summed E-state index contributed by atoms with van der Waals surface area (Å²) in [6.45, 7) is 4.44. The van der Waals surface area contributed by atoms with Crippen molar-refractivity contribution in [3.63, 3.8) is 0 Å². The number of pyridine rings is 1. The standard InChI is InChI=1S/C25H30F4N2O3S/c1-3-35(33,34)15-12-18-6-7-20(16-21(18)26)17(2)22(32)10-8-19-9-11-23(25(27,28)29)30-24(19)31-13-4-5-14-31/h6-7,9,11,16-17H,3-5,8,10,12-15H2,1-2H3. The van der Waals surface area contributed by atoms with Gasteiger partial charge in [0.2, 0.25) is 0 Å². The number of Topliss-reactive ketones (excluding diaryl/α,β-unsaturated/α-hetero) is 1. The van der Waals surface area contributed by atoms with Crippen molar-refractivity contribution < 1.29 is 30.8 Å². The molecule has 10 heteroatoms. The Kier molecular flexibility index (Phi) is 8.56. The summed E-state index contributed by atoms with van der Waals surface area (Å²) < 4.78 is 77.5. The number of hydrogen-bond donors (Lipinski definition) is 0. The lowest BCUT2D eigenvalue weighted by Gasteiger charge is -2.22. The first-order valence-electron chi connectivity index (χ1n) is 11.7. The quantitative estimate of drug-likeness (QED) is 0.412. The zero-order valence-electron chi connectivity index (χ0n) is 19.9. The van der Waals surface area contributed by atoms with Crippen LogP contribution in [0.5, 0.6) is 0 Å². The zero-order chi connectivity index (χ0) is 25.8. The molecule has 1 unspecified atom stereocenters. The second-order valence-corrected chi connectivity index (χ2v) is 11.4. The summed E-state index contributed by atoms with van der Waals surface area (Å²) in [5, 5.41) is 0. The molecule has 2 aromatic rings. The number of aromatic nitrogens is 1. The van der Waals surface area contributed by atoms with Crippen LogP contribution in [0.4, 0.5) is 23.4 Å². The van der Waals surface area contributed by atoms with Gasteiger partial charge in [0.15, 0.2) is 0 Å². The number of anilines is 1. The minimum Gasteiger partial charge on any atom is -0.356 e. The fourth-order valence-electron chi connectivity index (χ4n) is 4.14. The lowest BCUT2D eigenvalue weighted by atomic mass is 9.92.